The number of primary amides is 1. The summed E-state index contributed by atoms with van der Waals surface area (Å²) >= 11 is 6.01. The van der Waals surface area contributed by atoms with Crippen LogP contribution < -0.4 is 5.73 Å². The normalized spacial score (nSPS) is 38.6. The lowest BCUT2D eigenvalue weighted by Gasteiger charge is -2.37. The fourth-order valence-corrected chi connectivity index (χ4v) is 4.64. The summed E-state index contributed by atoms with van der Waals surface area (Å²) in [6, 6.07) is -0.241. The molecule has 0 aromatic carbocycles. The fourth-order valence-electron chi connectivity index (χ4n) is 4.39. The zero-order valence-corrected chi connectivity index (χ0v) is 14.2. The molecule has 0 aromatic heterocycles. The third-order valence-electron chi connectivity index (χ3n) is 5.52. The van der Waals surface area contributed by atoms with Crippen molar-refractivity contribution >= 4 is 29.3 Å². The molecule has 3 N–H and O–H groups in total. The second-order valence-electron chi connectivity index (χ2n) is 6.52. The lowest BCUT2D eigenvalue weighted by Crippen LogP contribution is -2.53. The minimum Gasteiger partial charge on any atom is -0.491 e. The van der Waals surface area contributed by atoms with Gasteiger partial charge in [-0.05, 0) is 7.05 Å². The van der Waals surface area contributed by atoms with E-state index in [1.165, 1.54) is 12.0 Å². The summed E-state index contributed by atoms with van der Waals surface area (Å²) in [6.07, 6.45) is -1.03. The van der Waals surface area contributed by atoms with E-state index in [9.17, 15) is 19.5 Å². The molecule has 3 aliphatic heterocycles. The number of nitrogens with two attached hydrogens (primary N) is 1. The molecular formula is C15H16ClN3O6. The zero-order valence-electron chi connectivity index (χ0n) is 13.5. The Balaban J connectivity index is 1.82. The van der Waals surface area contributed by atoms with Crippen molar-refractivity contribution in [2.45, 2.75) is 17.8 Å². The highest BCUT2D eigenvalue weighted by Gasteiger charge is 2.74. The number of allylic oxidation sites excluding steroid dienone is 2. The predicted molar refractivity (Wildman–Crippen MR) is 82.9 cm³/mol. The molecule has 1 aliphatic carbocycles. The van der Waals surface area contributed by atoms with E-state index in [-0.39, 0.29) is 40.8 Å². The number of rotatable bonds is 3. The van der Waals surface area contributed by atoms with Gasteiger partial charge in [0.15, 0.2) is 11.5 Å². The van der Waals surface area contributed by atoms with Gasteiger partial charge in [0, 0.05) is 18.2 Å². The molecule has 134 valence electrons. The van der Waals surface area contributed by atoms with Gasteiger partial charge in [-0.1, -0.05) is 11.6 Å². The lowest BCUT2D eigenvalue weighted by atomic mass is 9.84. The second-order valence-corrected chi connectivity index (χ2v) is 6.90. The SMILES string of the molecule is COC1=C(Cl)C(=O)C2=C(C1=O)[C@H](COC(N)=O)[C@@]1(O)[C@@H]3[C@H](CN21)N3C. The van der Waals surface area contributed by atoms with E-state index in [1.807, 2.05) is 11.9 Å². The number of aliphatic hydroxyl groups is 1. The Morgan fingerprint density at radius 2 is 2.12 bits per heavy atom. The summed E-state index contributed by atoms with van der Waals surface area (Å²) in [5.41, 5.74) is 3.59. The summed E-state index contributed by atoms with van der Waals surface area (Å²) < 4.78 is 9.86. The molecule has 0 aromatic rings. The molecule has 1 amide bonds. The van der Waals surface area contributed by atoms with Gasteiger partial charge < -0.3 is 25.2 Å². The van der Waals surface area contributed by atoms with Crippen molar-refractivity contribution in [3.05, 3.63) is 22.1 Å². The van der Waals surface area contributed by atoms with E-state index in [0.717, 1.165) is 0 Å². The van der Waals surface area contributed by atoms with Crippen LogP contribution in [0.2, 0.25) is 0 Å². The van der Waals surface area contributed by atoms with Gasteiger partial charge in [-0.2, -0.15) is 0 Å². The van der Waals surface area contributed by atoms with Crippen molar-refractivity contribution in [1.29, 1.82) is 0 Å². The number of ketones is 2. The van der Waals surface area contributed by atoms with Gasteiger partial charge in [0.1, 0.15) is 11.6 Å². The molecule has 0 radical (unpaired) electrons. The first-order valence-corrected chi connectivity index (χ1v) is 8.04. The maximum Gasteiger partial charge on any atom is 0.404 e. The molecule has 0 spiro atoms. The smallest absolute Gasteiger partial charge is 0.404 e. The number of Topliss-reactive ketones (excluding diaryl/α,β-unsaturated/α-hetero) is 2. The van der Waals surface area contributed by atoms with E-state index in [2.05, 4.69) is 0 Å². The molecule has 10 heteroatoms. The van der Waals surface area contributed by atoms with Crippen LogP contribution in [0, 0.1) is 5.92 Å². The largest absolute Gasteiger partial charge is 0.491 e. The van der Waals surface area contributed by atoms with Gasteiger partial charge in [-0.15, -0.1) is 0 Å². The first-order chi connectivity index (χ1) is 11.7. The van der Waals surface area contributed by atoms with Crippen LogP contribution in [0.4, 0.5) is 4.79 Å². The molecule has 0 saturated carbocycles. The van der Waals surface area contributed by atoms with Crippen LogP contribution >= 0.6 is 11.6 Å². The Morgan fingerprint density at radius 3 is 2.72 bits per heavy atom. The molecule has 1 unspecified atom stereocenters. The highest BCUT2D eigenvalue weighted by atomic mass is 35.5. The Bertz CT molecular complexity index is 792. The van der Waals surface area contributed by atoms with Gasteiger partial charge >= 0.3 is 6.09 Å². The van der Waals surface area contributed by atoms with Crippen LogP contribution in [-0.4, -0.2) is 77.7 Å². The molecule has 4 aliphatic rings. The second kappa shape index (κ2) is 4.96. The summed E-state index contributed by atoms with van der Waals surface area (Å²) in [6.45, 7) is 0.0426. The molecule has 4 rings (SSSR count). The zero-order chi connectivity index (χ0) is 18.3. The Kier molecular flexibility index (Phi) is 3.25. The number of piperazine rings is 1. The van der Waals surface area contributed by atoms with Crippen LogP contribution in [0.5, 0.6) is 0 Å². The van der Waals surface area contributed by atoms with Crippen LogP contribution in [0.15, 0.2) is 22.1 Å². The minimum atomic E-state index is -1.55. The lowest BCUT2D eigenvalue weighted by molar-refractivity contribution is -0.126. The number of fused-ring (bicyclic) bond motifs is 4. The van der Waals surface area contributed by atoms with E-state index >= 15 is 0 Å². The number of methoxy groups -OCH3 is 1. The standard InChI is InChI=1S/C15H16ClN3O6/c1-18-6-3-19-9-7(10(20)12(24-2)8(16)11(9)21)5(4-25-14(17)22)15(19,23)13(6)18/h5-6,13,23H,3-4H2,1-2H3,(H2,17,22)/t5-,6-,13-,15+,18?/m0/s1. The van der Waals surface area contributed by atoms with Crippen molar-refractivity contribution < 1.29 is 29.0 Å². The number of likely N-dealkylation sites (N-methyl/N-ethyl adjacent to an activating group) is 1. The van der Waals surface area contributed by atoms with Gasteiger partial charge in [0.2, 0.25) is 11.6 Å². The van der Waals surface area contributed by atoms with E-state index in [1.54, 1.807) is 0 Å². The van der Waals surface area contributed by atoms with Crippen LogP contribution in [0.25, 0.3) is 0 Å². The Labute approximate surface area is 147 Å². The summed E-state index contributed by atoms with van der Waals surface area (Å²) in [5.74, 6) is -2.39. The highest BCUT2D eigenvalue weighted by Crippen LogP contribution is 2.57. The fraction of sp³-hybridized carbons (Fsp3) is 0.533. The number of hydrogen-bond acceptors (Lipinski definition) is 8. The van der Waals surface area contributed by atoms with Crippen molar-refractivity contribution in [3.63, 3.8) is 0 Å². The molecule has 2 saturated heterocycles. The van der Waals surface area contributed by atoms with Crippen molar-refractivity contribution in [1.82, 2.24) is 9.80 Å². The molecule has 25 heavy (non-hydrogen) atoms. The van der Waals surface area contributed by atoms with Crippen molar-refractivity contribution in [2.24, 2.45) is 11.7 Å². The summed E-state index contributed by atoms with van der Waals surface area (Å²) in [7, 11) is 3.07. The van der Waals surface area contributed by atoms with Gasteiger partial charge in [0.25, 0.3) is 0 Å². The molecule has 0 bridgehead atoms. The number of amides is 1. The molecular weight excluding hydrogens is 354 g/mol. The number of halogens is 1. The Hall–Kier alpha value is -2.10. The van der Waals surface area contributed by atoms with Gasteiger partial charge in [0.05, 0.1) is 24.8 Å². The van der Waals surface area contributed by atoms with E-state index in [4.69, 9.17) is 26.8 Å². The van der Waals surface area contributed by atoms with E-state index in [0.29, 0.717) is 6.54 Å². The van der Waals surface area contributed by atoms with Crippen LogP contribution in [-0.2, 0) is 19.1 Å². The van der Waals surface area contributed by atoms with Gasteiger partial charge in [-0.25, -0.2) is 4.79 Å². The number of carbonyl (C=O) groups excluding carboxylic acids is 3. The number of carbonyl (C=O) groups is 3. The first-order valence-electron chi connectivity index (χ1n) is 7.66. The van der Waals surface area contributed by atoms with Crippen LogP contribution in [0.3, 0.4) is 0 Å². The molecule has 9 nitrogen and oxygen atoms in total. The quantitative estimate of drug-likeness (QED) is 0.475. The van der Waals surface area contributed by atoms with Crippen molar-refractivity contribution in [2.75, 3.05) is 27.3 Å². The number of hydrogen-bond donors (Lipinski definition) is 2. The maximum atomic E-state index is 12.8. The average Bonchev–Trinajstić information content (AvgIpc) is 2.96. The molecule has 3 heterocycles. The molecule has 5 atom stereocenters. The first kappa shape index (κ1) is 16.4. The number of ether oxygens (including phenoxy) is 2. The minimum absolute atomic E-state index is 0.0459. The third kappa shape index (κ3) is 1.83. The summed E-state index contributed by atoms with van der Waals surface area (Å²) in [5, 5.41) is 11.1. The predicted octanol–water partition coefficient (Wildman–Crippen LogP) is -1.10. The van der Waals surface area contributed by atoms with Crippen LogP contribution in [0.1, 0.15) is 0 Å². The van der Waals surface area contributed by atoms with Crippen molar-refractivity contribution in [3.8, 4) is 0 Å². The average molecular weight is 370 g/mol. The number of nitrogens with zero attached hydrogens (tertiary/aromatic N) is 2. The summed E-state index contributed by atoms with van der Waals surface area (Å²) in [4.78, 5) is 40.0. The molecule has 2 fully saturated rings. The van der Waals surface area contributed by atoms with Gasteiger partial charge in [-0.3, -0.25) is 14.5 Å². The monoisotopic (exact) mass is 369 g/mol. The third-order valence-corrected chi connectivity index (χ3v) is 5.86. The topological polar surface area (TPSA) is 122 Å². The van der Waals surface area contributed by atoms with E-state index < -0.39 is 29.3 Å². The Morgan fingerprint density at radius 1 is 1.44 bits per heavy atom. The highest BCUT2D eigenvalue weighted by molar-refractivity contribution is 6.49. The maximum absolute atomic E-state index is 12.8.